The highest BCUT2D eigenvalue weighted by Crippen LogP contribution is 2.32. The molecule has 160 valence electrons. The fourth-order valence-corrected chi connectivity index (χ4v) is 3.98. The van der Waals surface area contributed by atoms with E-state index < -0.39 is 0 Å². The molecule has 0 aliphatic carbocycles. The maximum absolute atomic E-state index is 12.3. The van der Waals surface area contributed by atoms with Crippen LogP contribution in [0.15, 0.2) is 54.6 Å². The van der Waals surface area contributed by atoms with E-state index in [0.29, 0.717) is 23.2 Å². The summed E-state index contributed by atoms with van der Waals surface area (Å²) < 4.78 is 16.9. The fourth-order valence-electron chi connectivity index (χ4n) is 3.15. The summed E-state index contributed by atoms with van der Waals surface area (Å²) in [5.41, 5.74) is 1.89. The molecule has 1 saturated heterocycles. The molecule has 8 heteroatoms. The van der Waals surface area contributed by atoms with Gasteiger partial charge in [0.05, 0.1) is 7.11 Å². The highest BCUT2D eigenvalue weighted by molar-refractivity contribution is 7.15. The van der Waals surface area contributed by atoms with Crippen molar-refractivity contribution in [1.29, 1.82) is 0 Å². The molecule has 4 rings (SSSR count). The van der Waals surface area contributed by atoms with Gasteiger partial charge < -0.3 is 14.2 Å². The van der Waals surface area contributed by atoms with Gasteiger partial charge in [-0.2, -0.15) is 0 Å². The van der Waals surface area contributed by atoms with E-state index in [9.17, 15) is 4.79 Å². The van der Waals surface area contributed by atoms with Crippen LogP contribution >= 0.6 is 11.3 Å². The number of anilines is 1. The number of hydrogen-bond acceptors (Lipinski definition) is 7. The minimum atomic E-state index is -0.279. The number of carbonyl (C=O) groups excluding carboxylic acids is 1. The summed E-state index contributed by atoms with van der Waals surface area (Å²) in [6.07, 6.45) is 5.12. The van der Waals surface area contributed by atoms with Crippen LogP contribution < -0.4 is 14.8 Å². The number of rotatable bonds is 8. The van der Waals surface area contributed by atoms with E-state index in [-0.39, 0.29) is 12.0 Å². The number of nitrogens with one attached hydrogen (secondary N) is 1. The third-order valence-electron chi connectivity index (χ3n) is 4.73. The van der Waals surface area contributed by atoms with Gasteiger partial charge in [0.2, 0.25) is 11.0 Å². The molecule has 1 amide bonds. The number of nitrogens with zero attached hydrogens (tertiary/aromatic N) is 2. The smallest absolute Gasteiger partial charge is 0.250 e. The van der Waals surface area contributed by atoms with Crippen molar-refractivity contribution in [2.24, 2.45) is 0 Å². The van der Waals surface area contributed by atoms with Gasteiger partial charge in [-0.1, -0.05) is 47.7 Å². The van der Waals surface area contributed by atoms with Crippen LogP contribution in [0.1, 0.15) is 35.1 Å². The molecule has 0 saturated carbocycles. The molecular weight excluding hydrogens is 414 g/mol. The van der Waals surface area contributed by atoms with E-state index in [1.54, 1.807) is 13.2 Å². The normalized spacial score (nSPS) is 15.8. The number of amides is 1. The fraction of sp³-hybridized carbons (Fsp3) is 0.261. The quantitative estimate of drug-likeness (QED) is 0.518. The van der Waals surface area contributed by atoms with Crippen LogP contribution in [-0.4, -0.2) is 29.8 Å². The SMILES string of the molecule is COc1cc(/C=C/C(=O)Nc2nnc(C3CCCO3)s2)ccc1OCc1ccccc1. The van der Waals surface area contributed by atoms with Crippen molar-refractivity contribution in [3.8, 4) is 11.5 Å². The van der Waals surface area contributed by atoms with E-state index in [1.165, 1.54) is 17.4 Å². The summed E-state index contributed by atoms with van der Waals surface area (Å²) in [4.78, 5) is 12.3. The van der Waals surface area contributed by atoms with Crippen LogP contribution in [0.5, 0.6) is 11.5 Å². The monoisotopic (exact) mass is 437 g/mol. The number of aromatic nitrogens is 2. The zero-order valence-corrected chi connectivity index (χ0v) is 17.9. The van der Waals surface area contributed by atoms with Crippen molar-refractivity contribution < 1.29 is 19.0 Å². The molecule has 1 atom stereocenters. The highest BCUT2D eigenvalue weighted by atomic mass is 32.1. The molecule has 1 aromatic heterocycles. The van der Waals surface area contributed by atoms with Gasteiger partial charge in [-0.15, -0.1) is 10.2 Å². The molecule has 1 aliphatic heterocycles. The van der Waals surface area contributed by atoms with Gasteiger partial charge in [-0.25, -0.2) is 0 Å². The molecule has 0 radical (unpaired) electrons. The van der Waals surface area contributed by atoms with Gasteiger partial charge in [0, 0.05) is 12.7 Å². The minimum Gasteiger partial charge on any atom is -0.493 e. The van der Waals surface area contributed by atoms with Crippen LogP contribution in [0.4, 0.5) is 5.13 Å². The first-order valence-corrected chi connectivity index (χ1v) is 10.8. The molecule has 1 unspecified atom stereocenters. The zero-order chi connectivity index (χ0) is 21.5. The van der Waals surface area contributed by atoms with Crippen LogP contribution in [0.2, 0.25) is 0 Å². The summed E-state index contributed by atoms with van der Waals surface area (Å²) in [5, 5.41) is 12.1. The van der Waals surface area contributed by atoms with Crippen molar-refractivity contribution in [3.63, 3.8) is 0 Å². The molecule has 7 nitrogen and oxygen atoms in total. The molecular formula is C23H23N3O4S. The van der Waals surface area contributed by atoms with Crippen molar-refractivity contribution in [3.05, 3.63) is 70.7 Å². The highest BCUT2D eigenvalue weighted by Gasteiger charge is 2.22. The Balaban J connectivity index is 1.35. The molecule has 1 N–H and O–H groups in total. The van der Waals surface area contributed by atoms with Crippen LogP contribution in [0, 0.1) is 0 Å². The second kappa shape index (κ2) is 10.2. The number of ether oxygens (including phenoxy) is 3. The predicted octanol–water partition coefficient (Wildman–Crippen LogP) is 4.63. The molecule has 3 aromatic rings. The van der Waals surface area contributed by atoms with Crippen molar-refractivity contribution in [2.45, 2.75) is 25.6 Å². The number of benzene rings is 2. The largest absolute Gasteiger partial charge is 0.493 e. The third kappa shape index (κ3) is 5.68. The average Bonchev–Trinajstić information content (AvgIpc) is 3.49. The Morgan fingerprint density at radius 1 is 1.23 bits per heavy atom. The lowest BCUT2D eigenvalue weighted by molar-refractivity contribution is -0.111. The topological polar surface area (TPSA) is 82.6 Å². The van der Waals surface area contributed by atoms with Crippen molar-refractivity contribution in [2.75, 3.05) is 19.0 Å². The Kier molecular flexibility index (Phi) is 6.91. The summed E-state index contributed by atoms with van der Waals surface area (Å²) in [6.45, 7) is 1.19. The Morgan fingerprint density at radius 2 is 2.10 bits per heavy atom. The lowest BCUT2D eigenvalue weighted by atomic mass is 10.2. The lowest BCUT2D eigenvalue weighted by Gasteiger charge is -2.11. The summed E-state index contributed by atoms with van der Waals surface area (Å²) in [5.74, 6) is 0.964. The number of hydrogen-bond donors (Lipinski definition) is 1. The van der Waals surface area contributed by atoms with Crippen molar-refractivity contribution >= 4 is 28.5 Å². The maximum atomic E-state index is 12.3. The predicted molar refractivity (Wildman–Crippen MR) is 119 cm³/mol. The van der Waals surface area contributed by atoms with Crippen LogP contribution in [0.25, 0.3) is 6.08 Å². The first-order chi connectivity index (χ1) is 15.2. The first kappa shape index (κ1) is 21.0. The van der Waals surface area contributed by atoms with E-state index in [4.69, 9.17) is 14.2 Å². The summed E-state index contributed by atoms with van der Waals surface area (Å²) in [6, 6.07) is 15.4. The van der Waals surface area contributed by atoms with Gasteiger partial charge >= 0.3 is 0 Å². The first-order valence-electron chi connectivity index (χ1n) is 10.00. The summed E-state index contributed by atoms with van der Waals surface area (Å²) in [7, 11) is 1.59. The molecule has 2 heterocycles. The Morgan fingerprint density at radius 3 is 2.87 bits per heavy atom. The van der Waals surface area contributed by atoms with Gasteiger partial charge in [0.15, 0.2) is 11.5 Å². The van der Waals surface area contributed by atoms with Gasteiger partial charge in [0.1, 0.15) is 17.7 Å². The lowest BCUT2D eigenvalue weighted by Crippen LogP contribution is -2.07. The second-order valence-corrected chi connectivity index (χ2v) is 7.96. The second-order valence-electron chi connectivity index (χ2n) is 6.95. The van der Waals surface area contributed by atoms with Crippen LogP contribution in [-0.2, 0) is 16.1 Å². The average molecular weight is 438 g/mol. The van der Waals surface area contributed by atoms with Crippen LogP contribution in [0.3, 0.4) is 0 Å². The summed E-state index contributed by atoms with van der Waals surface area (Å²) >= 11 is 1.34. The molecule has 2 aromatic carbocycles. The van der Waals surface area contributed by atoms with E-state index in [0.717, 1.165) is 35.6 Å². The zero-order valence-electron chi connectivity index (χ0n) is 17.1. The molecule has 1 aliphatic rings. The van der Waals surface area contributed by atoms with E-state index >= 15 is 0 Å². The maximum Gasteiger partial charge on any atom is 0.250 e. The molecule has 0 bridgehead atoms. The number of methoxy groups -OCH3 is 1. The Labute approximate surface area is 184 Å². The third-order valence-corrected chi connectivity index (χ3v) is 5.66. The Hall–Kier alpha value is -3.23. The van der Waals surface area contributed by atoms with Gasteiger partial charge in [-0.3, -0.25) is 10.1 Å². The Bertz CT molecular complexity index is 1050. The number of carbonyl (C=O) groups is 1. The molecule has 1 fully saturated rings. The van der Waals surface area contributed by atoms with Gasteiger partial charge in [-0.05, 0) is 42.2 Å². The molecule has 31 heavy (non-hydrogen) atoms. The van der Waals surface area contributed by atoms with Crippen molar-refractivity contribution in [1.82, 2.24) is 10.2 Å². The van der Waals surface area contributed by atoms with E-state index in [1.807, 2.05) is 48.5 Å². The standard InChI is InChI=1S/C23H23N3O4S/c1-28-20-14-16(9-11-18(20)30-15-17-6-3-2-4-7-17)10-12-21(27)24-23-26-25-22(31-23)19-8-5-13-29-19/h2-4,6-7,9-12,14,19H,5,8,13,15H2,1H3,(H,24,26,27)/b12-10+. The van der Waals surface area contributed by atoms with Gasteiger partial charge in [0.25, 0.3) is 0 Å². The van der Waals surface area contributed by atoms with E-state index in [2.05, 4.69) is 15.5 Å². The molecule has 0 spiro atoms. The minimum absolute atomic E-state index is 0.00576.